The van der Waals surface area contributed by atoms with Crippen LogP contribution in [0.25, 0.3) is 10.1 Å². The topological polar surface area (TPSA) is 46.9 Å². The second-order valence-corrected chi connectivity index (χ2v) is 6.67. The van der Waals surface area contributed by atoms with Crippen molar-refractivity contribution in [3.8, 4) is 0 Å². The lowest BCUT2D eigenvalue weighted by Gasteiger charge is -2.05. The number of amides is 1. The number of fused-ring (bicyclic) bond motifs is 1. The van der Waals surface area contributed by atoms with Crippen molar-refractivity contribution in [3.05, 3.63) is 53.4 Å². The Balaban J connectivity index is 1.61. The largest absolute Gasteiger partial charge is 0.351 e. The molecule has 3 heterocycles. The molecule has 0 bridgehead atoms. The average Bonchev–Trinajstić information content (AvgIpc) is 3.06. The second kappa shape index (κ2) is 6.32. The fourth-order valence-corrected chi connectivity index (χ4v) is 3.31. The number of rotatable bonds is 5. The lowest BCUT2D eigenvalue weighted by molar-refractivity contribution is 0.0958. The van der Waals surface area contributed by atoms with Gasteiger partial charge in [-0.1, -0.05) is 0 Å². The van der Waals surface area contributed by atoms with Gasteiger partial charge in [-0.15, -0.1) is 11.3 Å². The van der Waals surface area contributed by atoms with E-state index in [0.717, 1.165) is 21.4 Å². The van der Waals surface area contributed by atoms with Crippen LogP contribution in [-0.2, 0) is 6.42 Å². The number of hydrogen-bond donors (Lipinski definition) is 1. The molecule has 114 valence electrons. The number of pyridine rings is 1. The highest BCUT2D eigenvalue weighted by Gasteiger charge is 2.12. The van der Waals surface area contributed by atoms with E-state index in [1.165, 1.54) is 5.56 Å². The molecule has 22 heavy (non-hydrogen) atoms. The summed E-state index contributed by atoms with van der Waals surface area (Å²) >= 11 is 1.55. The molecule has 3 aromatic heterocycles. The molecule has 3 aromatic rings. The minimum absolute atomic E-state index is 0.00588. The Bertz CT molecular complexity index is 742. The highest BCUT2D eigenvalue weighted by Crippen LogP contribution is 2.27. The molecular formula is C17H19N3OS. The molecule has 3 rings (SSSR count). The van der Waals surface area contributed by atoms with Crippen molar-refractivity contribution in [2.75, 3.05) is 6.54 Å². The van der Waals surface area contributed by atoms with E-state index in [1.807, 2.05) is 18.2 Å². The predicted molar refractivity (Wildman–Crippen MR) is 90.5 cm³/mol. The van der Waals surface area contributed by atoms with Gasteiger partial charge in [0.15, 0.2) is 0 Å². The highest BCUT2D eigenvalue weighted by atomic mass is 32.1. The van der Waals surface area contributed by atoms with E-state index >= 15 is 0 Å². The monoisotopic (exact) mass is 313 g/mol. The van der Waals surface area contributed by atoms with Crippen LogP contribution in [0.1, 0.15) is 35.1 Å². The Morgan fingerprint density at radius 3 is 2.77 bits per heavy atom. The van der Waals surface area contributed by atoms with Crippen molar-refractivity contribution < 1.29 is 4.79 Å². The van der Waals surface area contributed by atoms with Gasteiger partial charge in [0.2, 0.25) is 0 Å². The first kappa shape index (κ1) is 14.8. The van der Waals surface area contributed by atoms with Gasteiger partial charge in [0.1, 0.15) is 0 Å². The van der Waals surface area contributed by atoms with Gasteiger partial charge in [0, 0.05) is 42.8 Å². The maximum Gasteiger partial charge on any atom is 0.261 e. The maximum absolute atomic E-state index is 12.2. The van der Waals surface area contributed by atoms with Crippen molar-refractivity contribution in [2.45, 2.75) is 26.3 Å². The molecule has 0 aliphatic heterocycles. The van der Waals surface area contributed by atoms with Crippen molar-refractivity contribution >= 4 is 27.3 Å². The molecule has 1 amide bonds. The summed E-state index contributed by atoms with van der Waals surface area (Å²) in [7, 11) is 0. The van der Waals surface area contributed by atoms with Crippen molar-refractivity contribution in [1.82, 2.24) is 14.9 Å². The standard InChI is InChI=1S/C17H19N3OS/c1-12(2)20-10-14-9-15(22-16(14)11-20)17(21)19-8-5-13-3-6-18-7-4-13/h3-4,6-7,9-12H,5,8H2,1-2H3,(H,19,21). The lowest BCUT2D eigenvalue weighted by Crippen LogP contribution is -2.24. The summed E-state index contributed by atoms with van der Waals surface area (Å²) in [6, 6.07) is 6.35. The number of nitrogens with zero attached hydrogens (tertiary/aromatic N) is 2. The Morgan fingerprint density at radius 1 is 1.32 bits per heavy atom. The van der Waals surface area contributed by atoms with Gasteiger partial charge in [-0.3, -0.25) is 9.78 Å². The van der Waals surface area contributed by atoms with Crippen LogP contribution in [0.15, 0.2) is 43.0 Å². The van der Waals surface area contributed by atoms with Crippen LogP contribution < -0.4 is 5.32 Å². The first-order valence-electron chi connectivity index (χ1n) is 7.41. The van der Waals surface area contributed by atoms with Crippen molar-refractivity contribution in [3.63, 3.8) is 0 Å². The van der Waals surface area contributed by atoms with Gasteiger partial charge in [0.05, 0.1) is 9.58 Å². The van der Waals surface area contributed by atoms with Crippen LogP contribution >= 0.6 is 11.3 Å². The van der Waals surface area contributed by atoms with Gasteiger partial charge in [0.25, 0.3) is 5.91 Å². The SMILES string of the molecule is CC(C)n1cc2cc(C(=O)NCCc3ccncc3)sc2c1. The smallest absolute Gasteiger partial charge is 0.261 e. The minimum atomic E-state index is 0.00588. The minimum Gasteiger partial charge on any atom is -0.351 e. The third kappa shape index (κ3) is 3.20. The summed E-state index contributed by atoms with van der Waals surface area (Å²) in [5.74, 6) is 0.00588. The van der Waals surface area contributed by atoms with E-state index < -0.39 is 0 Å². The third-order valence-electron chi connectivity index (χ3n) is 3.61. The van der Waals surface area contributed by atoms with Gasteiger partial charge in [-0.05, 0) is 44.0 Å². The third-order valence-corrected chi connectivity index (χ3v) is 4.70. The highest BCUT2D eigenvalue weighted by molar-refractivity contribution is 7.20. The van der Waals surface area contributed by atoms with E-state index in [9.17, 15) is 4.79 Å². The van der Waals surface area contributed by atoms with Crippen molar-refractivity contribution in [1.29, 1.82) is 0 Å². The van der Waals surface area contributed by atoms with Gasteiger partial charge in [-0.2, -0.15) is 0 Å². The Kier molecular flexibility index (Phi) is 4.24. The lowest BCUT2D eigenvalue weighted by atomic mass is 10.2. The maximum atomic E-state index is 12.2. The van der Waals surface area contributed by atoms with E-state index in [1.54, 1.807) is 23.7 Å². The zero-order valence-electron chi connectivity index (χ0n) is 12.7. The summed E-state index contributed by atoms with van der Waals surface area (Å²) in [4.78, 5) is 17.0. The molecule has 0 atom stereocenters. The zero-order valence-corrected chi connectivity index (χ0v) is 13.6. The molecular weight excluding hydrogens is 294 g/mol. The molecule has 0 saturated carbocycles. The fourth-order valence-electron chi connectivity index (χ4n) is 2.32. The van der Waals surface area contributed by atoms with Crippen LogP contribution in [-0.4, -0.2) is 22.0 Å². The van der Waals surface area contributed by atoms with E-state index in [2.05, 4.69) is 41.1 Å². The molecule has 4 nitrogen and oxygen atoms in total. The molecule has 0 spiro atoms. The zero-order chi connectivity index (χ0) is 15.5. The number of carbonyl (C=O) groups excluding carboxylic acids is 1. The first-order valence-corrected chi connectivity index (χ1v) is 8.23. The number of carbonyl (C=O) groups is 1. The van der Waals surface area contributed by atoms with E-state index in [0.29, 0.717) is 12.6 Å². The molecule has 0 fully saturated rings. The quantitative estimate of drug-likeness (QED) is 0.781. The first-order chi connectivity index (χ1) is 10.6. The fraction of sp³-hybridized carbons (Fsp3) is 0.294. The van der Waals surface area contributed by atoms with E-state index in [4.69, 9.17) is 0 Å². The number of thiophene rings is 1. The molecule has 5 heteroatoms. The molecule has 0 aliphatic rings. The van der Waals surface area contributed by atoms with Gasteiger partial charge in [-0.25, -0.2) is 0 Å². The summed E-state index contributed by atoms with van der Waals surface area (Å²) in [5.41, 5.74) is 1.18. The van der Waals surface area contributed by atoms with Gasteiger partial charge >= 0.3 is 0 Å². The molecule has 1 N–H and O–H groups in total. The van der Waals surface area contributed by atoms with Crippen LogP contribution in [0.2, 0.25) is 0 Å². The molecule has 0 aromatic carbocycles. The van der Waals surface area contributed by atoms with Crippen molar-refractivity contribution in [2.24, 2.45) is 0 Å². The molecule has 0 aliphatic carbocycles. The molecule has 0 unspecified atom stereocenters. The van der Waals surface area contributed by atoms with Crippen LogP contribution in [0.4, 0.5) is 0 Å². The van der Waals surface area contributed by atoms with E-state index in [-0.39, 0.29) is 5.91 Å². The normalized spacial score (nSPS) is 11.2. The summed E-state index contributed by atoms with van der Waals surface area (Å²) in [6.07, 6.45) is 8.57. The number of nitrogens with one attached hydrogen (secondary N) is 1. The predicted octanol–water partition coefficient (Wildman–Crippen LogP) is 3.65. The molecule has 0 saturated heterocycles. The summed E-state index contributed by atoms with van der Waals surface area (Å²) in [5, 5.41) is 4.12. The number of hydrogen-bond acceptors (Lipinski definition) is 3. The van der Waals surface area contributed by atoms with Crippen LogP contribution in [0, 0.1) is 0 Å². The average molecular weight is 313 g/mol. The van der Waals surface area contributed by atoms with Gasteiger partial charge < -0.3 is 9.88 Å². The number of aromatic nitrogens is 2. The Hall–Kier alpha value is -2.14. The summed E-state index contributed by atoms with van der Waals surface area (Å²) in [6.45, 7) is 4.93. The Labute approximate surface area is 133 Å². The van der Waals surface area contributed by atoms with Crippen LogP contribution in [0.5, 0.6) is 0 Å². The second-order valence-electron chi connectivity index (χ2n) is 5.59. The summed E-state index contributed by atoms with van der Waals surface area (Å²) < 4.78 is 3.33. The molecule has 0 radical (unpaired) electrons. The Morgan fingerprint density at radius 2 is 2.09 bits per heavy atom. The van der Waals surface area contributed by atoms with Crippen LogP contribution in [0.3, 0.4) is 0 Å².